The van der Waals surface area contributed by atoms with Gasteiger partial charge in [0.05, 0.1) is 24.2 Å². The number of methoxy groups -OCH3 is 1. The van der Waals surface area contributed by atoms with Crippen molar-refractivity contribution in [3.8, 4) is 5.88 Å². The average molecular weight is 397 g/mol. The summed E-state index contributed by atoms with van der Waals surface area (Å²) in [4.78, 5) is 15.4. The monoisotopic (exact) mass is 396 g/mol. The molecular formula is C20H21ClN6O. The Morgan fingerprint density at radius 3 is 2.86 bits per heavy atom. The number of nitrogens with one attached hydrogen (secondary N) is 1. The van der Waals surface area contributed by atoms with E-state index < -0.39 is 0 Å². The predicted molar refractivity (Wildman–Crippen MR) is 111 cm³/mol. The number of nitrogens with two attached hydrogens (primary N) is 1. The summed E-state index contributed by atoms with van der Waals surface area (Å²) in [6, 6.07) is 9.43. The van der Waals surface area contributed by atoms with Gasteiger partial charge in [0.15, 0.2) is 0 Å². The van der Waals surface area contributed by atoms with Gasteiger partial charge in [0.1, 0.15) is 12.1 Å². The molecule has 0 aliphatic carbocycles. The topological polar surface area (TPSA) is 89.2 Å². The molecule has 1 aromatic carbocycles. The fraction of sp³-hybridized carbons (Fsp3) is 0.250. The summed E-state index contributed by atoms with van der Waals surface area (Å²) < 4.78 is 5.10. The SMILES string of the molecule is COc1ccc(CNc2ncnc3c2CN(c2ccc(Cl)cc2N)CC3)cn1. The van der Waals surface area contributed by atoms with E-state index in [-0.39, 0.29) is 0 Å². The Kier molecular flexibility index (Phi) is 5.16. The van der Waals surface area contributed by atoms with Gasteiger partial charge in [0.25, 0.3) is 0 Å². The molecule has 0 radical (unpaired) electrons. The third-order valence-corrected chi connectivity index (χ3v) is 5.03. The molecule has 144 valence electrons. The van der Waals surface area contributed by atoms with Crippen LogP contribution in [0, 0.1) is 0 Å². The van der Waals surface area contributed by atoms with E-state index in [0.717, 1.165) is 41.3 Å². The molecule has 0 unspecified atom stereocenters. The number of anilines is 3. The van der Waals surface area contributed by atoms with E-state index in [1.807, 2.05) is 24.3 Å². The molecule has 0 spiro atoms. The highest BCUT2D eigenvalue weighted by molar-refractivity contribution is 6.31. The van der Waals surface area contributed by atoms with Crippen LogP contribution in [0.1, 0.15) is 16.8 Å². The Bertz CT molecular complexity index is 979. The summed E-state index contributed by atoms with van der Waals surface area (Å²) in [6.07, 6.45) is 4.23. The number of fused-ring (bicyclic) bond motifs is 1. The van der Waals surface area contributed by atoms with Crippen LogP contribution in [0.5, 0.6) is 5.88 Å². The number of halogens is 1. The van der Waals surface area contributed by atoms with Gasteiger partial charge in [-0.3, -0.25) is 0 Å². The molecule has 7 nitrogen and oxygen atoms in total. The maximum Gasteiger partial charge on any atom is 0.212 e. The van der Waals surface area contributed by atoms with Crippen molar-refractivity contribution in [2.24, 2.45) is 0 Å². The molecule has 0 saturated heterocycles. The van der Waals surface area contributed by atoms with E-state index >= 15 is 0 Å². The number of nitrogen functional groups attached to an aromatic ring is 1. The van der Waals surface area contributed by atoms with Crippen molar-refractivity contribution in [2.45, 2.75) is 19.5 Å². The Labute approximate surface area is 168 Å². The standard InChI is InChI=1S/C20H21ClN6O/c1-28-19-5-2-13(9-23-19)10-24-20-15-11-27(7-6-17(15)25-12-26-20)18-4-3-14(21)8-16(18)22/h2-5,8-9,12H,6-7,10-11,22H2,1H3,(H,24,25,26). The van der Waals surface area contributed by atoms with Gasteiger partial charge in [0, 0.05) is 48.9 Å². The second-order valence-electron chi connectivity index (χ2n) is 6.58. The Hall–Kier alpha value is -3.06. The quantitative estimate of drug-likeness (QED) is 0.639. The molecule has 3 aromatic rings. The van der Waals surface area contributed by atoms with Crippen molar-refractivity contribution in [3.05, 3.63) is 64.7 Å². The second-order valence-corrected chi connectivity index (χ2v) is 7.02. The molecule has 0 atom stereocenters. The summed E-state index contributed by atoms with van der Waals surface area (Å²) in [7, 11) is 1.60. The Morgan fingerprint density at radius 1 is 1.21 bits per heavy atom. The van der Waals surface area contributed by atoms with Gasteiger partial charge in [-0.25, -0.2) is 15.0 Å². The number of nitrogens with zero attached hydrogens (tertiary/aromatic N) is 4. The predicted octanol–water partition coefficient (Wildman–Crippen LogP) is 3.29. The number of rotatable bonds is 5. The molecule has 1 aliphatic rings. The average Bonchev–Trinajstić information content (AvgIpc) is 2.72. The summed E-state index contributed by atoms with van der Waals surface area (Å²) in [5.41, 5.74) is 11.0. The van der Waals surface area contributed by atoms with Crippen molar-refractivity contribution >= 4 is 28.8 Å². The number of hydrogen-bond acceptors (Lipinski definition) is 7. The Morgan fingerprint density at radius 2 is 2.11 bits per heavy atom. The van der Waals surface area contributed by atoms with Crippen LogP contribution >= 0.6 is 11.6 Å². The van der Waals surface area contributed by atoms with Gasteiger partial charge in [-0.1, -0.05) is 17.7 Å². The normalized spacial score (nSPS) is 13.1. The lowest BCUT2D eigenvalue weighted by molar-refractivity contribution is 0.397. The van der Waals surface area contributed by atoms with Gasteiger partial charge < -0.3 is 20.7 Å². The molecule has 0 saturated carbocycles. The van der Waals surface area contributed by atoms with Crippen molar-refractivity contribution in [1.29, 1.82) is 0 Å². The number of benzene rings is 1. The fourth-order valence-corrected chi connectivity index (χ4v) is 3.52. The first-order valence-corrected chi connectivity index (χ1v) is 9.37. The van der Waals surface area contributed by atoms with Gasteiger partial charge in [-0.15, -0.1) is 0 Å². The number of aromatic nitrogens is 3. The van der Waals surface area contributed by atoms with E-state index in [9.17, 15) is 0 Å². The van der Waals surface area contributed by atoms with E-state index in [2.05, 4.69) is 25.2 Å². The van der Waals surface area contributed by atoms with Gasteiger partial charge in [0.2, 0.25) is 5.88 Å². The molecule has 2 aromatic heterocycles. The van der Waals surface area contributed by atoms with Crippen LogP contribution in [0.15, 0.2) is 42.9 Å². The third-order valence-electron chi connectivity index (χ3n) is 4.80. The minimum atomic E-state index is 0.597. The minimum absolute atomic E-state index is 0.597. The maximum atomic E-state index is 6.18. The molecule has 4 rings (SSSR count). The van der Waals surface area contributed by atoms with Gasteiger partial charge in [-0.05, 0) is 23.8 Å². The fourth-order valence-electron chi connectivity index (χ4n) is 3.33. The first-order valence-electron chi connectivity index (χ1n) is 8.99. The van der Waals surface area contributed by atoms with Crippen LogP contribution in [0.4, 0.5) is 17.2 Å². The number of hydrogen-bond donors (Lipinski definition) is 2. The maximum absolute atomic E-state index is 6.18. The molecule has 1 aliphatic heterocycles. The van der Waals surface area contributed by atoms with Crippen molar-refractivity contribution in [2.75, 3.05) is 29.6 Å². The van der Waals surface area contributed by atoms with Crippen LogP contribution in [-0.4, -0.2) is 28.6 Å². The zero-order valence-corrected chi connectivity index (χ0v) is 16.3. The number of pyridine rings is 1. The smallest absolute Gasteiger partial charge is 0.212 e. The van der Waals surface area contributed by atoms with Crippen molar-refractivity contribution in [1.82, 2.24) is 15.0 Å². The molecule has 28 heavy (non-hydrogen) atoms. The van der Waals surface area contributed by atoms with Crippen LogP contribution < -0.4 is 20.7 Å². The van der Waals surface area contributed by atoms with E-state index in [1.165, 1.54) is 0 Å². The molecule has 8 heteroatoms. The van der Waals surface area contributed by atoms with Crippen LogP contribution in [0.2, 0.25) is 5.02 Å². The highest BCUT2D eigenvalue weighted by Crippen LogP contribution is 2.32. The van der Waals surface area contributed by atoms with Gasteiger partial charge in [-0.2, -0.15) is 0 Å². The molecule has 3 N–H and O–H groups in total. The van der Waals surface area contributed by atoms with Crippen LogP contribution in [0.25, 0.3) is 0 Å². The molecule has 0 amide bonds. The third kappa shape index (κ3) is 3.80. The minimum Gasteiger partial charge on any atom is -0.481 e. The zero-order valence-electron chi connectivity index (χ0n) is 15.5. The highest BCUT2D eigenvalue weighted by Gasteiger charge is 2.22. The summed E-state index contributed by atoms with van der Waals surface area (Å²) in [6.45, 7) is 2.15. The van der Waals surface area contributed by atoms with Gasteiger partial charge >= 0.3 is 0 Å². The van der Waals surface area contributed by atoms with E-state index in [1.54, 1.807) is 25.7 Å². The number of ether oxygens (including phenoxy) is 1. The highest BCUT2D eigenvalue weighted by atomic mass is 35.5. The first-order chi connectivity index (χ1) is 13.6. The van der Waals surface area contributed by atoms with Crippen LogP contribution in [-0.2, 0) is 19.5 Å². The second kappa shape index (κ2) is 7.90. The summed E-state index contributed by atoms with van der Waals surface area (Å²) >= 11 is 6.04. The first kappa shape index (κ1) is 18.3. The lowest BCUT2D eigenvalue weighted by atomic mass is 10.0. The van der Waals surface area contributed by atoms with Crippen molar-refractivity contribution in [3.63, 3.8) is 0 Å². The lowest BCUT2D eigenvalue weighted by Crippen LogP contribution is -2.32. The molecule has 0 bridgehead atoms. The van der Waals surface area contributed by atoms with E-state index in [0.29, 0.717) is 29.7 Å². The Balaban J connectivity index is 1.53. The molecule has 3 heterocycles. The molecular weight excluding hydrogens is 376 g/mol. The summed E-state index contributed by atoms with van der Waals surface area (Å²) in [5, 5.41) is 4.05. The summed E-state index contributed by atoms with van der Waals surface area (Å²) in [5.74, 6) is 1.43. The van der Waals surface area contributed by atoms with Crippen LogP contribution in [0.3, 0.4) is 0 Å². The lowest BCUT2D eigenvalue weighted by Gasteiger charge is -2.32. The largest absolute Gasteiger partial charge is 0.481 e. The van der Waals surface area contributed by atoms with E-state index in [4.69, 9.17) is 22.1 Å². The zero-order chi connectivity index (χ0) is 19.5. The molecule has 0 fully saturated rings. The van der Waals surface area contributed by atoms with Crippen molar-refractivity contribution < 1.29 is 4.74 Å².